The maximum absolute atomic E-state index is 5.53. The normalized spacial score (nSPS) is 26.6. The molecule has 0 aromatic heterocycles. The molecule has 1 rings (SSSR count). The summed E-state index contributed by atoms with van der Waals surface area (Å²) < 4.78 is 6.95. The van der Waals surface area contributed by atoms with Crippen LogP contribution in [0.5, 0.6) is 0 Å². The third-order valence-corrected chi connectivity index (χ3v) is 3.35. The van der Waals surface area contributed by atoms with Crippen molar-refractivity contribution < 1.29 is 24.1 Å². The van der Waals surface area contributed by atoms with Gasteiger partial charge in [-0.3, -0.25) is 0 Å². The summed E-state index contributed by atoms with van der Waals surface area (Å²) in [4.78, 5) is 2.32. The van der Waals surface area contributed by atoms with E-state index in [-0.39, 0.29) is 0 Å². The zero-order valence-corrected chi connectivity index (χ0v) is 10.3. The summed E-state index contributed by atoms with van der Waals surface area (Å²) in [5, 5.41) is 0. The molecule has 0 atom stereocenters. The van der Waals surface area contributed by atoms with Gasteiger partial charge in [-0.2, -0.15) is 0 Å². The summed E-state index contributed by atoms with van der Waals surface area (Å²) in [7, 11) is 2.15. The van der Waals surface area contributed by atoms with Crippen LogP contribution in [0.2, 0.25) is 0 Å². The fourth-order valence-electron chi connectivity index (χ4n) is 1.30. The van der Waals surface area contributed by atoms with Gasteiger partial charge in [0.2, 0.25) is 0 Å². The quantitative estimate of drug-likeness (QED) is 0.649. The van der Waals surface area contributed by atoms with Gasteiger partial charge in [0.25, 0.3) is 0 Å². The zero-order chi connectivity index (χ0) is 8.48. The van der Waals surface area contributed by atoms with E-state index in [9.17, 15) is 0 Å². The van der Waals surface area contributed by atoms with Crippen LogP contribution in [-0.2, 0) is 24.1 Å². The van der Waals surface area contributed by atoms with Gasteiger partial charge in [-0.15, -0.1) is 0 Å². The predicted octanol–water partition coefficient (Wildman–Crippen LogP) is 0.651. The van der Waals surface area contributed by atoms with Crippen molar-refractivity contribution in [1.82, 2.24) is 4.90 Å². The molecule has 0 radical (unpaired) electrons. The Labute approximate surface area is 79.3 Å². The van der Waals surface area contributed by atoms with Crippen LogP contribution in [0.4, 0.5) is 0 Å². The second kappa shape index (κ2) is 3.47. The summed E-state index contributed by atoms with van der Waals surface area (Å²) in [6.45, 7) is 7.32. The molecule has 1 heterocycles. The summed E-state index contributed by atoms with van der Waals surface area (Å²) in [5.41, 5.74) is 0.311. The number of hydrogen-bond acceptors (Lipinski definition) is 2. The van der Waals surface area contributed by atoms with Crippen molar-refractivity contribution >= 4 is 4.02 Å². The summed E-state index contributed by atoms with van der Waals surface area (Å²) in [6, 6.07) is 0. The monoisotopic (exact) mass is 325 g/mol. The summed E-state index contributed by atoms with van der Waals surface area (Å²) in [6.07, 6.45) is 0. The molecule has 1 aliphatic heterocycles. The second-order valence-corrected chi connectivity index (χ2v) is 5.60. The van der Waals surface area contributed by atoms with Crippen molar-refractivity contribution in [2.24, 2.45) is 5.41 Å². The first-order valence-electron chi connectivity index (χ1n) is 3.83. The van der Waals surface area contributed by atoms with Crippen LogP contribution in [-0.4, -0.2) is 35.7 Å². The summed E-state index contributed by atoms with van der Waals surface area (Å²) >= 11 is 1.53. The molecule has 2 nitrogen and oxygen atoms in total. The van der Waals surface area contributed by atoms with Crippen molar-refractivity contribution in [3.8, 4) is 0 Å². The van der Waals surface area contributed by atoms with E-state index in [0.29, 0.717) is 5.41 Å². The molecule has 3 heteroatoms. The Bertz CT molecular complexity index is 167. The van der Waals surface area contributed by atoms with Gasteiger partial charge in [-0.25, -0.2) is 0 Å². The van der Waals surface area contributed by atoms with Crippen molar-refractivity contribution in [1.29, 1.82) is 0 Å². The van der Waals surface area contributed by atoms with E-state index in [2.05, 4.69) is 25.8 Å². The Morgan fingerprint density at radius 1 is 1.55 bits per heavy atom. The van der Waals surface area contributed by atoms with Crippen molar-refractivity contribution in [2.45, 2.75) is 13.8 Å². The Hall–Kier alpha value is 0.478. The van der Waals surface area contributed by atoms with E-state index in [1.807, 2.05) is 0 Å². The van der Waals surface area contributed by atoms with Crippen LogP contribution < -0.4 is 0 Å². The standard InChI is InChI=1S/C8H15NO.W/c1-8(2)6-9(3)4-5-10-7-8;/h5-7H2,1-3H3;. The Morgan fingerprint density at radius 3 is 2.82 bits per heavy atom. The minimum atomic E-state index is 0.311. The Morgan fingerprint density at radius 2 is 2.18 bits per heavy atom. The molecule has 1 saturated heterocycles. The van der Waals surface area contributed by atoms with Gasteiger partial charge in [-0.05, 0) is 0 Å². The molecule has 0 unspecified atom stereocenters. The molecular formula is C8H15NOW. The molecule has 0 aliphatic carbocycles. The predicted molar refractivity (Wildman–Crippen MR) is 42.2 cm³/mol. The van der Waals surface area contributed by atoms with Gasteiger partial charge < -0.3 is 0 Å². The number of likely N-dealkylation sites (N-methyl/N-ethyl adjacent to an activating group) is 1. The number of hydrogen-bond donors (Lipinski definition) is 0. The van der Waals surface area contributed by atoms with E-state index in [1.54, 1.807) is 0 Å². The molecule has 0 amide bonds. The Balaban J connectivity index is 2.63. The molecule has 0 aromatic carbocycles. The fraction of sp³-hybridized carbons (Fsp3) is 0.875. The fourth-order valence-corrected chi connectivity index (χ4v) is 1.83. The van der Waals surface area contributed by atoms with Gasteiger partial charge in [-0.1, -0.05) is 0 Å². The Kier molecular flexibility index (Phi) is 3.01. The van der Waals surface area contributed by atoms with Gasteiger partial charge in [0.05, 0.1) is 0 Å². The van der Waals surface area contributed by atoms with Gasteiger partial charge in [0.1, 0.15) is 0 Å². The van der Waals surface area contributed by atoms with Crippen LogP contribution in [0.15, 0.2) is 0 Å². The molecular weight excluding hydrogens is 310 g/mol. The van der Waals surface area contributed by atoms with E-state index in [4.69, 9.17) is 4.74 Å². The van der Waals surface area contributed by atoms with Crippen molar-refractivity contribution in [3.63, 3.8) is 0 Å². The van der Waals surface area contributed by atoms with E-state index in [0.717, 1.165) is 19.8 Å². The number of ether oxygens (including phenoxy) is 1. The molecule has 0 aromatic rings. The number of rotatable bonds is 0. The van der Waals surface area contributed by atoms with Crippen molar-refractivity contribution in [3.05, 3.63) is 0 Å². The average Bonchev–Trinajstić information content (AvgIpc) is 1.93. The third kappa shape index (κ3) is 2.77. The maximum atomic E-state index is 5.53. The first kappa shape index (κ1) is 9.57. The van der Waals surface area contributed by atoms with E-state index < -0.39 is 0 Å². The van der Waals surface area contributed by atoms with Gasteiger partial charge >= 0.3 is 79.1 Å². The van der Waals surface area contributed by atoms with E-state index in [1.165, 1.54) is 23.4 Å². The molecule has 0 bridgehead atoms. The second-order valence-electron chi connectivity index (χ2n) is 3.91. The molecule has 0 N–H and O–H groups in total. The topological polar surface area (TPSA) is 12.5 Å². The first-order valence-corrected chi connectivity index (χ1v) is 5.30. The van der Waals surface area contributed by atoms with Crippen LogP contribution in [0.1, 0.15) is 13.8 Å². The molecule has 11 heavy (non-hydrogen) atoms. The summed E-state index contributed by atoms with van der Waals surface area (Å²) in [5.74, 6) is 0. The molecule has 0 saturated carbocycles. The van der Waals surface area contributed by atoms with Crippen LogP contribution >= 0.6 is 0 Å². The molecule has 1 aliphatic rings. The molecule has 64 valence electrons. The van der Waals surface area contributed by atoms with Crippen LogP contribution in [0, 0.1) is 5.41 Å². The van der Waals surface area contributed by atoms with Crippen LogP contribution in [0.25, 0.3) is 0 Å². The average molecular weight is 325 g/mol. The third-order valence-electron chi connectivity index (χ3n) is 1.81. The van der Waals surface area contributed by atoms with Crippen molar-refractivity contribution in [2.75, 3.05) is 26.8 Å². The number of nitrogens with zero attached hydrogens (tertiary/aromatic N) is 1. The zero-order valence-electron chi connectivity index (χ0n) is 7.39. The molecule has 1 fully saturated rings. The van der Waals surface area contributed by atoms with Gasteiger partial charge in [0, 0.05) is 0 Å². The van der Waals surface area contributed by atoms with E-state index >= 15 is 0 Å². The van der Waals surface area contributed by atoms with Crippen LogP contribution in [0.3, 0.4) is 0 Å². The SMILES string of the molecule is CN1CC(C)(C)COC[C]1=[W]. The van der Waals surface area contributed by atoms with Gasteiger partial charge in [0.15, 0.2) is 0 Å². The minimum absolute atomic E-state index is 0.311. The first-order chi connectivity index (χ1) is 5.01. The molecule has 0 spiro atoms.